The summed E-state index contributed by atoms with van der Waals surface area (Å²) in [5.74, 6) is 0.539. The number of carbonyl (C=O) groups is 1. The van der Waals surface area contributed by atoms with Crippen LogP contribution >= 0.6 is 15.9 Å². The third-order valence-electron chi connectivity index (χ3n) is 4.39. The minimum absolute atomic E-state index is 0.0989. The van der Waals surface area contributed by atoms with Crippen LogP contribution in [0.15, 0.2) is 40.9 Å². The van der Waals surface area contributed by atoms with E-state index in [0.29, 0.717) is 12.5 Å². The van der Waals surface area contributed by atoms with Crippen LogP contribution in [0.2, 0.25) is 0 Å². The van der Waals surface area contributed by atoms with Crippen molar-refractivity contribution < 1.29 is 4.79 Å². The Labute approximate surface area is 139 Å². The van der Waals surface area contributed by atoms with Crippen LogP contribution < -0.4 is 5.73 Å². The van der Waals surface area contributed by atoms with Crippen LogP contribution in [0, 0.1) is 5.92 Å². The zero-order valence-corrected chi connectivity index (χ0v) is 14.2. The summed E-state index contributed by atoms with van der Waals surface area (Å²) in [6, 6.07) is 12.0. The van der Waals surface area contributed by atoms with Gasteiger partial charge in [0, 0.05) is 30.3 Å². The number of likely N-dealkylation sites (tertiary alicyclic amines) is 1. The van der Waals surface area contributed by atoms with E-state index in [2.05, 4.69) is 15.9 Å². The number of carbonyl (C=O) groups excluding carboxylic acids is 1. The Morgan fingerprint density at radius 2 is 2.00 bits per heavy atom. The largest absolute Gasteiger partial charge is 0.340 e. The lowest BCUT2D eigenvalue weighted by atomic mass is 10.1. The van der Waals surface area contributed by atoms with E-state index in [9.17, 15) is 4.79 Å². The van der Waals surface area contributed by atoms with Gasteiger partial charge in [-0.2, -0.15) is 0 Å². The summed E-state index contributed by atoms with van der Waals surface area (Å²) in [7, 11) is 1.95. The summed E-state index contributed by atoms with van der Waals surface area (Å²) in [6.45, 7) is 2.23. The molecule has 3 rings (SSSR count). The first-order valence-electron chi connectivity index (χ1n) is 7.51. The van der Waals surface area contributed by atoms with Gasteiger partial charge < -0.3 is 15.2 Å². The van der Waals surface area contributed by atoms with E-state index in [-0.39, 0.29) is 5.91 Å². The molecule has 1 atom stereocenters. The van der Waals surface area contributed by atoms with E-state index in [1.54, 1.807) is 0 Å². The quantitative estimate of drug-likeness (QED) is 0.913. The average Bonchev–Trinajstić information content (AvgIpc) is 3.14. The highest BCUT2D eigenvalue weighted by Crippen LogP contribution is 2.25. The molecule has 0 radical (unpaired) electrons. The van der Waals surface area contributed by atoms with Crippen molar-refractivity contribution in [1.29, 1.82) is 0 Å². The van der Waals surface area contributed by atoms with E-state index in [1.165, 1.54) is 0 Å². The molecule has 0 aliphatic carbocycles. The molecule has 116 valence electrons. The van der Waals surface area contributed by atoms with E-state index < -0.39 is 0 Å². The van der Waals surface area contributed by atoms with Crippen molar-refractivity contribution in [2.24, 2.45) is 18.7 Å². The zero-order chi connectivity index (χ0) is 15.7. The van der Waals surface area contributed by atoms with Gasteiger partial charge in [-0.1, -0.05) is 28.1 Å². The number of rotatable bonds is 3. The molecule has 1 aliphatic rings. The summed E-state index contributed by atoms with van der Waals surface area (Å²) < 4.78 is 3.02. The average molecular weight is 362 g/mol. The van der Waals surface area contributed by atoms with Gasteiger partial charge in [0.05, 0.1) is 0 Å². The van der Waals surface area contributed by atoms with Crippen molar-refractivity contribution in [3.05, 3.63) is 46.6 Å². The molecule has 1 amide bonds. The number of nitrogens with two attached hydrogens (primary N) is 1. The highest BCUT2D eigenvalue weighted by atomic mass is 79.9. The number of halogens is 1. The molecule has 1 aromatic heterocycles. The highest BCUT2D eigenvalue weighted by molar-refractivity contribution is 9.10. The van der Waals surface area contributed by atoms with Crippen LogP contribution in [-0.4, -0.2) is 35.0 Å². The summed E-state index contributed by atoms with van der Waals surface area (Å²) in [5.41, 5.74) is 8.59. The molecule has 0 saturated carbocycles. The Hall–Kier alpha value is -1.59. The Kier molecular flexibility index (Phi) is 4.36. The fourth-order valence-corrected chi connectivity index (χ4v) is 3.27. The van der Waals surface area contributed by atoms with Crippen molar-refractivity contribution in [2.75, 3.05) is 19.6 Å². The van der Waals surface area contributed by atoms with Crippen LogP contribution in [0.25, 0.3) is 11.3 Å². The number of nitrogens with zero attached hydrogens (tertiary/aromatic N) is 2. The van der Waals surface area contributed by atoms with E-state index in [0.717, 1.165) is 40.9 Å². The lowest BCUT2D eigenvalue weighted by Crippen LogP contribution is -2.31. The molecule has 0 spiro atoms. The number of benzene rings is 1. The predicted octanol–water partition coefficient (Wildman–Crippen LogP) is 2.88. The molecule has 0 bridgehead atoms. The molecular formula is C17H20BrN3O. The molecule has 1 aromatic carbocycles. The predicted molar refractivity (Wildman–Crippen MR) is 91.6 cm³/mol. The van der Waals surface area contributed by atoms with E-state index in [4.69, 9.17) is 5.73 Å². The summed E-state index contributed by atoms with van der Waals surface area (Å²) in [5, 5.41) is 0. The molecule has 2 N–H and O–H groups in total. The minimum atomic E-state index is 0.0989. The summed E-state index contributed by atoms with van der Waals surface area (Å²) in [4.78, 5) is 14.6. The van der Waals surface area contributed by atoms with Gasteiger partial charge in [-0.05, 0) is 48.7 Å². The van der Waals surface area contributed by atoms with Crippen molar-refractivity contribution in [1.82, 2.24) is 9.47 Å². The Bertz CT molecular complexity index is 678. The second-order valence-corrected chi connectivity index (χ2v) is 6.73. The van der Waals surface area contributed by atoms with Crippen LogP contribution in [0.4, 0.5) is 0 Å². The molecule has 22 heavy (non-hydrogen) atoms. The number of amides is 1. The number of hydrogen-bond donors (Lipinski definition) is 1. The molecule has 5 heteroatoms. The van der Waals surface area contributed by atoms with Gasteiger partial charge in [-0.3, -0.25) is 4.79 Å². The van der Waals surface area contributed by atoms with Gasteiger partial charge in [0.25, 0.3) is 5.91 Å². The lowest BCUT2D eigenvalue weighted by molar-refractivity contribution is 0.0778. The minimum Gasteiger partial charge on any atom is -0.340 e. The van der Waals surface area contributed by atoms with Crippen LogP contribution in [-0.2, 0) is 7.05 Å². The lowest BCUT2D eigenvalue weighted by Gasteiger charge is -2.17. The maximum absolute atomic E-state index is 12.7. The van der Waals surface area contributed by atoms with Crippen molar-refractivity contribution in [2.45, 2.75) is 6.42 Å². The maximum atomic E-state index is 12.7. The van der Waals surface area contributed by atoms with E-state index >= 15 is 0 Å². The SMILES string of the molecule is Cn1c(C(=O)N2CC[C@H](CN)C2)ccc1-c1ccc(Br)cc1. The molecule has 4 nitrogen and oxygen atoms in total. The number of hydrogen-bond acceptors (Lipinski definition) is 2. The van der Waals surface area contributed by atoms with Gasteiger partial charge in [0.1, 0.15) is 5.69 Å². The fourth-order valence-electron chi connectivity index (χ4n) is 3.01. The zero-order valence-electron chi connectivity index (χ0n) is 12.6. The molecule has 0 unspecified atom stereocenters. The van der Waals surface area contributed by atoms with Gasteiger partial charge >= 0.3 is 0 Å². The van der Waals surface area contributed by atoms with Crippen molar-refractivity contribution in [3.63, 3.8) is 0 Å². The normalized spacial score (nSPS) is 18.0. The molecule has 2 heterocycles. The monoisotopic (exact) mass is 361 g/mol. The number of aromatic nitrogens is 1. The van der Waals surface area contributed by atoms with Crippen LogP contribution in [0.3, 0.4) is 0 Å². The molecule has 2 aromatic rings. The Morgan fingerprint density at radius 3 is 2.64 bits per heavy atom. The smallest absolute Gasteiger partial charge is 0.270 e. The molecule has 1 aliphatic heterocycles. The molecular weight excluding hydrogens is 342 g/mol. The maximum Gasteiger partial charge on any atom is 0.270 e. The summed E-state index contributed by atoms with van der Waals surface area (Å²) >= 11 is 3.44. The van der Waals surface area contributed by atoms with E-state index in [1.807, 2.05) is 52.9 Å². The van der Waals surface area contributed by atoms with Gasteiger partial charge in [-0.15, -0.1) is 0 Å². The van der Waals surface area contributed by atoms with Gasteiger partial charge in [0.15, 0.2) is 0 Å². The Morgan fingerprint density at radius 1 is 1.27 bits per heavy atom. The molecule has 1 fully saturated rings. The fraction of sp³-hybridized carbons (Fsp3) is 0.353. The van der Waals surface area contributed by atoms with Crippen LogP contribution in [0.5, 0.6) is 0 Å². The van der Waals surface area contributed by atoms with Gasteiger partial charge in [0.2, 0.25) is 0 Å². The van der Waals surface area contributed by atoms with Gasteiger partial charge in [-0.25, -0.2) is 0 Å². The first kappa shape index (κ1) is 15.3. The third-order valence-corrected chi connectivity index (χ3v) is 4.92. The third kappa shape index (κ3) is 2.83. The standard InChI is InChI=1S/C17H20BrN3O/c1-20-15(13-2-4-14(18)5-3-13)6-7-16(20)17(22)21-9-8-12(10-19)11-21/h2-7,12H,8-11,19H2,1H3/t12-/m1/s1. The first-order valence-corrected chi connectivity index (χ1v) is 8.30. The summed E-state index contributed by atoms with van der Waals surface area (Å²) in [6.07, 6.45) is 1.01. The molecule has 1 saturated heterocycles. The second-order valence-electron chi connectivity index (χ2n) is 5.81. The first-order chi connectivity index (χ1) is 10.6. The Balaban J connectivity index is 1.84. The van der Waals surface area contributed by atoms with Crippen molar-refractivity contribution in [3.8, 4) is 11.3 Å². The van der Waals surface area contributed by atoms with Crippen molar-refractivity contribution >= 4 is 21.8 Å². The second kappa shape index (κ2) is 6.26. The topological polar surface area (TPSA) is 51.3 Å². The highest BCUT2D eigenvalue weighted by Gasteiger charge is 2.27. The van der Waals surface area contributed by atoms with Crippen LogP contribution in [0.1, 0.15) is 16.9 Å².